The Kier molecular flexibility index (Phi) is 35.1. The van der Waals surface area contributed by atoms with Crippen molar-refractivity contribution in [2.45, 2.75) is 145 Å². The first kappa shape index (κ1) is 82.2. The number of halogens is 1. The monoisotopic (exact) mass is 1430 g/mol. The van der Waals surface area contributed by atoms with E-state index in [-0.39, 0.29) is 119 Å². The number of aliphatic hydroxyl groups is 2. The van der Waals surface area contributed by atoms with Gasteiger partial charge in [0, 0.05) is 233 Å². The van der Waals surface area contributed by atoms with Crippen LogP contribution in [0, 0.1) is 260 Å². The molecule has 556 valence electrons. The Hall–Kier alpha value is -13.2. The molecule has 2 aromatic carbocycles. The Balaban J connectivity index is -0.0000000741. The van der Waals surface area contributed by atoms with Crippen molar-refractivity contribution >= 4 is 35.7 Å². The number of fused-ring (bicyclic) bond motifs is 3. The molecule has 3 saturated heterocycles. The highest BCUT2D eigenvalue weighted by Crippen LogP contribution is 2.54. The molecule has 13 atom stereocenters. The number of aromatic hydroxyl groups is 2. The van der Waals surface area contributed by atoms with E-state index in [0.717, 1.165) is 0 Å². The standard InChI is InChI=1S/C42H53NO15.C42H2.ClH.HNO.25H2/c1-8-42(51)17-28(33-22(35(42)41(50)52-7)14-23-34(38(33)49)37(48)32-21(36(23)47)10-9-11-26(32)45)56-30-15-24(43(5)6)39(19(3)54-30)58-31-16-27(46)40(20(4)55-31)57-29-13-12-25(44)18(2)53-29;1-3-5-7-9-11-13-15-17-19-21-23-25-27-29-31-33-35-37-39-41-42-40-38-36-34-32-30-28-26-24-22-20-18-16-14-12-10-8-6-4-2;;1-2;;;;;;;;;;;;;;;;;;;;;;;;;/h9-11,14,18-20,24,27-31,35,39-40,45-46,49,51H,8,12-13,15-17H2,1-7H3;1-2H;1H;1H;25*1H/t18-,19-,20-,24?,27-,28-,29-,30-,31-,35-,39+,40+,42+;;;;;;;;;;;;;;;;;;;;;;;;;;;;/m0............................/s1. The van der Waals surface area contributed by atoms with Gasteiger partial charge in [0.1, 0.15) is 35.7 Å². The number of nitrogens with zero attached hydrogens (tertiary/aromatic N) is 1. The van der Waals surface area contributed by atoms with E-state index in [1.807, 2.05) is 19.0 Å². The molecule has 0 spiro atoms. The number of rotatable bonds is 9. The maximum atomic E-state index is 13.9. The second kappa shape index (κ2) is 44.0. The topological polar surface area (TPSA) is 258 Å². The Morgan fingerprint density at radius 2 is 1.00 bits per heavy atom. The number of esters is 1. The predicted octanol–water partition coefficient (Wildman–Crippen LogP) is 10.4. The number of Topliss-reactive ketones (excluding diaryl/α,β-unsaturated/α-hetero) is 1. The fraction of sp³-hybridized carbons (Fsp3) is 0.310. The van der Waals surface area contributed by atoms with Crippen LogP contribution in [-0.2, 0) is 42.7 Å². The van der Waals surface area contributed by atoms with Crippen molar-refractivity contribution in [1.82, 2.24) is 4.90 Å². The van der Waals surface area contributed by atoms with E-state index in [9.17, 15) is 39.6 Å². The average Bonchev–Trinajstić information content (AvgIpc) is 0.710. The van der Waals surface area contributed by atoms with Gasteiger partial charge in [0.05, 0.1) is 48.3 Å². The number of ether oxygens (including phenoxy) is 7. The number of hydrogen-bond donors (Lipinski definition) is 5. The zero-order chi connectivity index (χ0) is 74.2. The molecule has 5 aliphatic rings. The van der Waals surface area contributed by atoms with Crippen LogP contribution in [0.2, 0.25) is 0 Å². The number of nitrogens with one attached hydrogen (secondary N) is 1. The summed E-state index contributed by atoms with van der Waals surface area (Å²) in [5, 5.41) is 45.9. The summed E-state index contributed by atoms with van der Waals surface area (Å²) in [4.78, 5) is 62.5. The van der Waals surface area contributed by atoms with E-state index < -0.39 is 102 Å². The average molecular weight is 1440 g/mol. The number of phenolic OH excluding ortho intramolecular Hbond substituents is 2. The largest absolute Gasteiger partial charge is 0.507 e. The molecule has 103 heavy (non-hydrogen) atoms. The van der Waals surface area contributed by atoms with Crippen LogP contribution in [0.4, 0.5) is 0 Å². The number of likely N-dealkylation sites (N-methyl/N-ethyl adjacent to an activating group) is 1. The number of benzene rings is 2. The van der Waals surface area contributed by atoms with Gasteiger partial charge in [0.15, 0.2) is 30.4 Å². The fourth-order valence-electron chi connectivity index (χ4n) is 10.5. The number of nitroso groups, excluding NO2 is 1. The third-order valence-electron chi connectivity index (χ3n) is 14.9. The molecule has 0 aromatic heterocycles. The minimum atomic E-state index is -1.76. The SMILES string of the molecule is C#CC#CC#CC#CC#CC#CC#CC#CC#CC#CC#CC#CC#CC#CC#CC#CC#CC#CC#CC#CC#C.CC[C@@]1(O)C[C@H](O[C@H]2CC(N(C)C)[C@H](O[C@H]3C[C@H](O)[C@H](O[C@H]4CCC(=O)[C@H](C)O4)[C@H](C)O3)[C@H](C)O2)c2c(cc3c(c2O)C(=O)c2c(O)cccc2C3=O)[C@H]1C(=O)OC.Cl.N=O.[HH].[HH].[HH].[HH].[HH].[HH].[HH].[HH].[HH].[HH].[HH].[HH].[HH].[HH].[HH].[HH].[HH].[HH].[HH].[HH].[HH].[HH].[HH].[HH].[HH]. The molecule has 0 bridgehead atoms. The summed E-state index contributed by atoms with van der Waals surface area (Å²) in [6, 6.07) is 5.11. The number of carbonyl (C=O) groups is 4. The molecule has 1 unspecified atom stereocenters. The lowest BCUT2D eigenvalue weighted by molar-refractivity contribution is -0.324. The van der Waals surface area contributed by atoms with Gasteiger partial charge in [-0.25, -0.2) is 0 Å². The first-order valence-corrected chi connectivity index (χ1v) is 30.4. The summed E-state index contributed by atoms with van der Waals surface area (Å²) in [7, 11) is 4.91. The molecule has 18 nitrogen and oxygen atoms in total. The summed E-state index contributed by atoms with van der Waals surface area (Å²) < 4.78 is 42.6. The molecular weight excluding hydrogens is 1330 g/mol. The van der Waals surface area contributed by atoms with Crippen LogP contribution in [0.3, 0.4) is 0 Å². The molecule has 3 fully saturated rings. The van der Waals surface area contributed by atoms with Crippen LogP contribution in [0.1, 0.15) is 157 Å². The zero-order valence-corrected chi connectivity index (χ0v) is 57.0. The second-order valence-electron chi connectivity index (χ2n) is 21.3. The van der Waals surface area contributed by atoms with Gasteiger partial charge >= 0.3 is 5.97 Å². The van der Waals surface area contributed by atoms with E-state index in [4.69, 9.17) is 50.9 Å². The van der Waals surface area contributed by atoms with Gasteiger partial charge in [-0.1, -0.05) is 24.7 Å². The van der Waals surface area contributed by atoms with Crippen LogP contribution in [0.25, 0.3) is 0 Å². The molecule has 19 heteroatoms. The summed E-state index contributed by atoms with van der Waals surface area (Å²) in [5.41, 5.74) is 2.01. The Bertz CT molecular complexity index is 4990. The predicted molar refractivity (Wildman–Crippen MR) is 433 cm³/mol. The number of hydrogen-bond acceptors (Lipinski definition) is 18. The normalized spacial score (nSPS) is 22.0. The van der Waals surface area contributed by atoms with E-state index in [1.54, 1.807) is 27.7 Å². The van der Waals surface area contributed by atoms with Crippen molar-refractivity contribution in [2.75, 3.05) is 21.2 Å². The van der Waals surface area contributed by atoms with Crippen LogP contribution < -0.4 is 0 Å². The number of ketones is 3. The summed E-state index contributed by atoms with van der Waals surface area (Å²) in [6.45, 7) is 6.95. The lowest BCUT2D eigenvalue weighted by Crippen LogP contribution is -2.58. The van der Waals surface area contributed by atoms with Crippen LogP contribution in [0.5, 0.6) is 11.5 Å². The molecule has 2 aliphatic carbocycles. The molecule has 0 radical (unpaired) electrons. The van der Waals surface area contributed by atoms with Crippen molar-refractivity contribution in [1.29, 1.82) is 5.59 Å². The number of methoxy groups -OCH3 is 1. The Morgan fingerprint density at radius 1 is 0.592 bits per heavy atom. The maximum Gasteiger partial charge on any atom is 0.316 e. The third kappa shape index (κ3) is 24.6. The molecule has 2 aromatic rings. The van der Waals surface area contributed by atoms with Crippen LogP contribution in [-0.4, -0.2) is 137 Å². The van der Waals surface area contributed by atoms with Crippen molar-refractivity contribution in [3.05, 3.63) is 62.6 Å². The van der Waals surface area contributed by atoms with Gasteiger partial charge in [0.2, 0.25) is 5.78 Å². The number of carbonyl (C=O) groups excluding carboxylic acids is 4. The van der Waals surface area contributed by atoms with Crippen LogP contribution in [0.15, 0.2) is 24.3 Å². The van der Waals surface area contributed by atoms with Crippen molar-refractivity contribution in [2.24, 2.45) is 0 Å². The van der Waals surface area contributed by atoms with Crippen molar-refractivity contribution in [3.63, 3.8) is 0 Å². The summed E-state index contributed by atoms with van der Waals surface area (Å²) >= 11 is 0. The van der Waals surface area contributed by atoms with Gasteiger partial charge in [0.25, 0.3) is 0 Å². The highest BCUT2D eigenvalue weighted by Gasteiger charge is 2.54. The minimum absolute atomic E-state index is 0. The maximum absolute atomic E-state index is 13.9. The summed E-state index contributed by atoms with van der Waals surface area (Å²) in [6.07, 6.45) is 3.22. The second-order valence-corrected chi connectivity index (χ2v) is 21.3. The highest BCUT2D eigenvalue weighted by atomic mass is 35.5. The molecule has 0 amide bonds. The van der Waals surface area contributed by atoms with Crippen molar-refractivity contribution in [3.8, 4) is 261 Å². The zero-order valence-electron chi connectivity index (χ0n) is 56.2. The summed E-state index contributed by atoms with van der Waals surface area (Å²) in [5.74, 6) is 93.5. The lowest BCUT2D eigenvalue weighted by atomic mass is 9.67. The fourth-order valence-corrected chi connectivity index (χ4v) is 10.5. The third-order valence-corrected chi connectivity index (χ3v) is 14.9. The van der Waals surface area contributed by atoms with Gasteiger partial charge in [-0.15, -0.1) is 25.3 Å². The molecule has 7 rings (SSSR count). The van der Waals surface area contributed by atoms with E-state index >= 15 is 0 Å². The van der Waals surface area contributed by atoms with Gasteiger partial charge < -0.3 is 58.5 Å². The van der Waals surface area contributed by atoms with E-state index in [0.29, 0.717) is 12.8 Å². The Labute approximate surface area is 643 Å². The van der Waals surface area contributed by atoms with Gasteiger partial charge in [-0.3, -0.25) is 19.2 Å². The molecular formula is C84H107ClN2O16. The highest BCUT2D eigenvalue weighted by molar-refractivity contribution is 6.30. The Morgan fingerprint density at radius 3 is 1.39 bits per heavy atom. The number of aliphatic hydroxyl groups excluding tert-OH is 1. The number of terminal acetylenes is 2. The molecule has 0 saturated carbocycles. The smallest absolute Gasteiger partial charge is 0.316 e. The quantitative estimate of drug-likeness (QED) is 0.0758. The van der Waals surface area contributed by atoms with Gasteiger partial charge in [-0.05, 0) is 154 Å². The number of phenols is 2. The van der Waals surface area contributed by atoms with Crippen molar-refractivity contribution < 1.29 is 108 Å². The minimum Gasteiger partial charge on any atom is -0.507 e. The molecule has 5 N–H and O–H groups in total. The molecule has 3 heterocycles. The first-order valence-electron chi connectivity index (χ1n) is 30.4. The van der Waals surface area contributed by atoms with Crippen LogP contribution >= 0.6 is 12.4 Å². The molecule has 3 aliphatic heterocycles. The first-order chi connectivity index (χ1) is 49.4. The van der Waals surface area contributed by atoms with E-state index in [1.165, 1.54) is 31.4 Å². The van der Waals surface area contributed by atoms with E-state index in [2.05, 4.69) is 242 Å². The lowest BCUT2D eigenvalue weighted by Gasteiger charge is -2.48. The van der Waals surface area contributed by atoms with Gasteiger partial charge in [-0.2, -0.15) is 4.91 Å².